The topological polar surface area (TPSA) is 33.0 Å². The first-order valence-corrected chi connectivity index (χ1v) is 6.86. The minimum Gasteiger partial charge on any atom is -0.493 e. The molecule has 0 bridgehead atoms. The summed E-state index contributed by atoms with van der Waals surface area (Å²) < 4.78 is 5.82. The number of nitriles is 1. The third kappa shape index (κ3) is 3.39. The minimum absolute atomic E-state index is 0.110. The minimum atomic E-state index is -0.110. The Kier molecular flexibility index (Phi) is 4.79. The summed E-state index contributed by atoms with van der Waals surface area (Å²) in [7, 11) is 0. The third-order valence-corrected chi connectivity index (χ3v) is 3.58. The molecule has 2 nitrogen and oxygen atoms in total. The van der Waals surface area contributed by atoms with Crippen LogP contribution < -0.4 is 4.74 Å². The second-order valence-corrected chi connectivity index (χ2v) is 4.93. The Morgan fingerprint density at radius 3 is 2.50 bits per heavy atom. The molecule has 2 heteroatoms. The average Bonchev–Trinajstić information content (AvgIpc) is 2.49. The Bertz CT molecular complexity index is 599. The lowest BCUT2D eigenvalue weighted by molar-refractivity contribution is 0.304. The largest absolute Gasteiger partial charge is 0.493 e. The van der Waals surface area contributed by atoms with Gasteiger partial charge in [-0.2, -0.15) is 5.26 Å². The molecule has 0 aliphatic rings. The fraction of sp³-hybridized carbons (Fsp3) is 0.278. The van der Waals surface area contributed by atoms with Crippen molar-refractivity contribution in [3.8, 4) is 11.8 Å². The molecule has 1 unspecified atom stereocenters. The Balaban J connectivity index is 1.95. The van der Waals surface area contributed by atoms with Gasteiger partial charge in [0.1, 0.15) is 5.75 Å². The number of aryl methyl sites for hydroxylation is 1. The SMILES string of the molecule is Cc1cccc(OCCC(C#N)c2ccccc2)c1C. The van der Waals surface area contributed by atoms with Gasteiger partial charge in [0.05, 0.1) is 18.6 Å². The monoisotopic (exact) mass is 265 g/mol. The van der Waals surface area contributed by atoms with E-state index in [2.05, 4.69) is 26.0 Å². The van der Waals surface area contributed by atoms with Crippen LogP contribution in [-0.4, -0.2) is 6.61 Å². The highest BCUT2D eigenvalue weighted by atomic mass is 16.5. The first kappa shape index (κ1) is 14.1. The van der Waals surface area contributed by atoms with Gasteiger partial charge in [-0.3, -0.25) is 0 Å². The maximum Gasteiger partial charge on any atom is 0.122 e. The quantitative estimate of drug-likeness (QED) is 0.803. The lowest BCUT2D eigenvalue weighted by Gasteiger charge is -2.13. The molecule has 0 radical (unpaired) electrons. The molecule has 20 heavy (non-hydrogen) atoms. The van der Waals surface area contributed by atoms with Crippen LogP contribution in [-0.2, 0) is 0 Å². The third-order valence-electron chi connectivity index (χ3n) is 3.58. The summed E-state index contributed by atoms with van der Waals surface area (Å²) in [5.41, 5.74) is 3.45. The summed E-state index contributed by atoms with van der Waals surface area (Å²) in [6.07, 6.45) is 0.702. The Morgan fingerprint density at radius 2 is 1.80 bits per heavy atom. The molecule has 2 rings (SSSR count). The molecule has 0 amide bonds. The summed E-state index contributed by atoms with van der Waals surface area (Å²) >= 11 is 0. The van der Waals surface area contributed by atoms with Crippen molar-refractivity contribution in [3.05, 3.63) is 65.2 Å². The number of hydrogen-bond donors (Lipinski definition) is 0. The molecule has 0 aromatic heterocycles. The average molecular weight is 265 g/mol. The van der Waals surface area contributed by atoms with E-state index in [-0.39, 0.29) is 5.92 Å². The van der Waals surface area contributed by atoms with E-state index < -0.39 is 0 Å². The molecule has 0 aliphatic carbocycles. The van der Waals surface area contributed by atoms with Crippen LogP contribution in [0.15, 0.2) is 48.5 Å². The van der Waals surface area contributed by atoms with Crippen molar-refractivity contribution in [3.63, 3.8) is 0 Å². The van der Waals surface area contributed by atoms with Gasteiger partial charge < -0.3 is 4.74 Å². The van der Waals surface area contributed by atoms with Crippen molar-refractivity contribution in [2.45, 2.75) is 26.2 Å². The zero-order chi connectivity index (χ0) is 14.4. The zero-order valence-corrected chi connectivity index (χ0v) is 12.0. The summed E-state index contributed by atoms with van der Waals surface area (Å²) in [4.78, 5) is 0. The molecule has 2 aromatic carbocycles. The zero-order valence-electron chi connectivity index (χ0n) is 12.0. The molecular formula is C18H19NO. The summed E-state index contributed by atoms with van der Waals surface area (Å²) in [5, 5.41) is 9.27. The van der Waals surface area contributed by atoms with E-state index in [1.165, 1.54) is 11.1 Å². The normalized spacial score (nSPS) is 11.7. The van der Waals surface area contributed by atoms with Crippen LogP contribution in [0.4, 0.5) is 0 Å². The van der Waals surface area contributed by atoms with Crippen molar-refractivity contribution < 1.29 is 4.74 Å². The molecule has 0 saturated heterocycles. The maximum absolute atomic E-state index is 9.27. The van der Waals surface area contributed by atoms with Crippen molar-refractivity contribution in [2.75, 3.05) is 6.61 Å². The van der Waals surface area contributed by atoms with Crippen LogP contribution in [0.1, 0.15) is 29.0 Å². The van der Waals surface area contributed by atoms with E-state index in [4.69, 9.17) is 4.74 Å². The van der Waals surface area contributed by atoms with Crippen molar-refractivity contribution in [1.82, 2.24) is 0 Å². The lowest BCUT2D eigenvalue weighted by atomic mass is 9.98. The molecule has 0 N–H and O–H groups in total. The summed E-state index contributed by atoms with van der Waals surface area (Å²) in [6, 6.07) is 18.3. The Labute approximate surface area is 120 Å². The first-order chi connectivity index (χ1) is 9.72. The van der Waals surface area contributed by atoms with Gasteiger partial charge in [0, 0.05) is 6.42 Å². The highest BCUT2D eigenvalue weighted by molar-refractivity contribution is 5.38. The van der Waals surface area contributed by atoms with Gasteiger partial charge in [-0.15, -0.1) is 0 Å². The van der Waals surface area contributed by atoms with Gasteiger partial charge in [-0.25, -0.2) is 0 Å². The molecule has 1 atom stereocenters. The predicted molar refractivity (Wildman–Crippen MR) is 80.8 cm³/mol. The van der Waals surface area contributed by atoms with Crippen molar-refractivity contribution in [2.24, 2.45) is 0 Å². The van der Waals surface area contributed by atoms with E-state index >= 15 is 0 Å². The highest BCUT2D eigenvalue weighted by Crippen LogP contribution is 2.23. The van der Waals surface area contributed by atoms with E-state index in [1.54, 1.807) is 0 Å². The molecule has 2 aromatic rings. The Hall–Kier alpha value is -2.27. The first-order valence-electron chi connectivity index (χ1n) is 6.86. The van der Waals surface area contributed by atoms with E-state index in [0.717, 1.165) is 11.3 Å². The van der Waals surface area contributed by atoms with Crippen LogP contribution in [0, 0.1) is 25.2 Å². The van der Waals surface area contributed by atoms with Gasteiger partial charge in [0.15, 0.2) is 0 Å². The van der Waals surface area contributed by atoms with Gasteiger partial charge in [0.2, 0.25) is 0 Å². The van der Waals surface area contributed by atoms with Gasteiger partial charge in [0.25, 0.3) is 0 Å². The van der Waals surface area contributed by atoms with Crippen LogP contribution >= 0.6 is 0 Å². The van der Waals surface area contributed by atoms with Gasteiger partial charge >= 0.3 is 0 Å². The highest BCUT2D eigenvalue weighted by Gasteiger charge is 2.10. The standard InChI is InChI=1S/C18H19NO/c1-14-7-6-10-18(15(14)2)20-12-11-17(13-19)16-8-4-3-5-9-16/h3-10,17H,11-12H2,1-2H3. The lowest BCUT2D eigenvalue weighted by Crippen LogP contribution is -2.05. The van der Waals surface area contributed by atoms with Crippen molar-refractivity contribution in [1.29, 1.82) is 5.26 Å². The second kappa shape index (κ2) is 6.77. The predicted octanol–water partition coefficient (Wildman–Crippen LogP) is 4.38. The number of nitrogens with zero attached hydrogens (tertiary/aromatic N) is 1. The number of rotatable bonds is 5. The number of benzene rings is 2. The molecule has 0 fully saturated rings. The van der Waals surface area contributed by atoms with Crippen molar-refractivity contribution >= 4 is 0 Å². The fourth-order valence-electron chi connectivity index (χ4n) is 2.16. The van der Waals surface area contributed by atoms with Gasteiger partial charge in [-0.1, -0.05) is 42.5 Å². The van der Waals surface area contributed by atoms with E-state index in [0.29, 0.717) is 13.0 Å². The molecule has 0 spiro atoms. The van der Waals surface area contributed by atoms with Crippen LogP contribution in [0.3, 0.4) is 0 Å². The smallest absolute Gasteiger partial charge is 0.122 e. The van der Waals surface area contributed by atoms with Crippen LogP contribution in [0.5, 0.6) is 5.75 Å². The molecular weight excluding hydrogens is 246 g/mol. The maximum atomic E-state index is 9.27. The molecule has 0 saturated carbocycles. The fourth-order valence-corrected chi connectivity index (χ4v) is 2.16. The second-order valence-electron chi connectivity index (χ2n) is 4.93. The molecule has 0 aliphatic heterocycles. The van der Waals surface area contributed by atoms with E-state index in [1.807, 2.05) is 42.5 Å². The molecule has 102 valence electrons. The van der Waals surface area contributed by atoms with Gasteiger partial charge in [-0.05, 0) is 36.6 Å². The summed E-state index contributed by atoms with van der Waals surface area (Å²) in [5.74, 6) is 0.802. The summed E-state index contributed by atoms with van der Waals surface area (Å²) in [6.45, 7) is 4.69. The van der Waals surface area contributed by atoms with E-state index in [9.17, 15) is 5.26 Å². The van der Waals surface area contributed by atoms with Crippen LogP contribution in [0.25, 0.3) is 0 Å². The number of hydrogen-bond acceptors (Lipinski definition) is 2. The number of ether oxygens (including phenoxy) is 1. The Morgan fingerprint density at radius 1 is 1.05 bits per heavy atom. The molecule has 0 heterocycles. The van der Waals surface area contributed by atoms with Crippen LogP contribution in [0.2, 0.25) is 0 Å².